The van der Waals surface area contributed by atoms with Crippen molar-refractivity contribution in [3.05, 3.63) is 54.7 Å². The highest BCUT2D eigenvalue weighted by Crippen LogP contribution is 2.45. The Morgan fingerprint density at radius 3 is 2.31 bits per heavy atom. The number of aryl methyl sites for hydroxylation is 1. The molecule has 3 aliphatic rings. The summed E-state index contributed by atoms with van der Waals surface area (Å²) in [5.41, 5.74) is -1.56. The van der Waals surface area contributed by atoms with Crippen molar-refractivity contribution >= 4 is 5.97 Å². The zero-order chi connectivity index (χ0) is 52.9. The largest absolute Gasteiger partial charge is 0.494 e. The van der Waals surface area contributed by atoms with E-state index in [0.717, 1.165) is 29.0 Å². The van der Waals surface area contributed by atoms with Gasteiger partial charge in [-0.3, -0.25) is 9.48 Å². The van der Waals surface area contributed by atoms with Crippen LogP contribution in [0.2, 0.25) is 0 Å². The number of aliphatic hydroxyl groups excluding tert-OH is 3. The molecule has 0 saturated carbocycles. The zero-order valence-corrected chi connectivity index (χ0v) is 45.1. The van der Waals surface area contributed by atoms with E-state index in [9.17, 15) is 30.3 Å². The summed E-state index contributed by atoms with van der Waals surface area (Å²) in [6.45, 7) is 20.2. The summed E-state index contributed by atoms with van der Waals surface area (Å²) < 4.78 is 45.2. The highest BCUT2D eigenvalue weighted by Gasteiger charge is 2.55. The molecule has 18 nitrogen and oxygen atoms in total. The van der Waals surface area contributed by atoms with Crippen LogP contribution < -0.4 is 4.74 Å². The van der Waals surface area contributed by atoms with E-state index in [-0.39, 0.29) is 31.3 Å². The van der Waals surface area contributed by atoms with Gasteiger partial charge >= 0.3 is 5.97 Å². The number of esters is 1. The first-order valence-corrected chi connectivity index (χ1v) is 26.2. The zero-order valence-electron chi connectivity index (χ0n) is 45.1. The van der Waals surface area contributed by atoms with Crippen LogP contribution in [-0.4, -0.2) is 181 Å². The number of carbonyl (C=O) groups is 1. The lowest BCUT2D eigenvalue weighted by atomic mass is 9.68. The highest BCUT2D eigenvalue weighted by molar-refractivity contribution is 5.73. The van der Waals surface area contributed by atoms with Gasteiger partial charge in [-0.1, -0.05) is 45.0 Å². The summed E-state index contributed by atoms with van der Waals surface area (Å²) in [5.74, 6) is -2.32. The second-order valence-corrected chi connectivity index (χ2v) is 22.2. The Kier molecular flexibility index (Phi) is 19.6. The predicted octanol–water partition coefficient (Wildman–Crippen LogP) is 5.11. The minimum Gasteiger partial charge on any atom is -0.494 e. The van der Waals surface area contributed by atoms with Gasteiger partial charge in [0.2, 0.25) is 0 Å². The number of hydrogen-bond acceptors (Lipinski definition) is 17. The van der Waals surface area contributed by atoms with Crippen molar-refractivity contribution in [2.45, 2.75) is 198 Å². The molecular weight excluding hydrogens is 927 g/mol. The molecule has 1 unspecified atom stereocenters. The van der Waals surface area contributed by atoms with Crippen molar-refractivity contribution in [2.24, 2.45) is 23.7 Å². The molecule has 0 radical (unpaired) electrons. The molecule has 406 valence electrons. The number of methoxy groups -OCH3 is 1. The van der Waals surface area contributed by atoms with Crippen molar-refractivity contribution in [2.75, 3.05) is 40.9 Å². The molecule has 18 atom stereocenters. The second-order valence-electron chi connectivity index (χ2n) is 22.2. The van der Waals surface area contributed by atoms with E-state index in [1.807, 2.05) is 94.8 Å². The minimum absolute atomic E-state index is 0.167. The summed E-state index contributed by atoms with van der Waals surface area (Å²) in [6, 6.07) is 8.87. The van der Waals surface area contributed by atoms with Gasteiger partial charge in [-0.25, -0.2) is 0 Å². The Morgan fingerprint density at radius 1 is 0.944 bits per heavy atom. The molecular formula is C54H87N5O13. The van der Waals surface area contributed by atoms with E-state index in [1.54, 1.807) is 40.2 Å². The first-order valence-electron chi connectivity index (χ1n) is 26.2. The molecule has 5 N–H and O–H groups in total. The number of ether oxygens (including phenoxy) is 6. The molecule has 0 bridgehead atoms. The fourth-order valence-electron chi connectivity index (χ4n) is 11.8. The summed E-state index contributed by atoms with van der Waals surface area (Å²) >= 11 is 0. The molecule has 0 amide bonds. The smallest absolute Gasteiger partial charge is 0.309 e. The van der Waals surface area contributed by atoms with E-state index in [2.05, 4.69) is 15.2 Å². The fourth-order valence-corrected chi connectivity index (χ4v) is 11.8. The van der Waals surface area contributed by atoms with Crippen molar-refractivity contribution in [3.63, 3.8) is 0 Å². The SMILES string of the molecule is CC[C@H]1OC(=O)[C@H](C)C([C@H]2C[C@@](C)(OC)[C@@H](O)[C@H](C)O2)[C@H](C)[C@@H](O[C@@H]2O[C@H](C)C[C@H](N(C)CCc3cn(CCCOc4ccc(-c5ccoc5)cc4)nn3)[C@H]2O)[C@](C)(O)C[C@@H](C)CN(C)[C@H](C)[C@@H](O)[C@]1(C)O. The standard InChI is InChI=1S/C54H87N5O13/c1-14-44-54(10,65)47(61)36(6)58(12)29-32(2)27-52(8,64)49(34(4)45(35(5)50(63)71-44)43-28-53(9,66-13)48(62)37(7)70-43)72-51-46(60)42(26-33(3)69-51)57(11)23-20-40-30-59(56-55-40)22-15-24-68-41-18-16-38(17-19-41)39-21-25-67-31-39/h16-19,21,25,30-37,42-49,51,60-62,64-65H,14-15,20,22-24,26-29H2,1-13H3/t32-,33-,34+,35-,36-,37+,42+,43-,44-,45?,46-,47-,48+,49-,51+,52-,53-,54-/m1/s1. The van der Waals surface area contributed by atoms with Gasteiger partial charge in [0.05, 0.1) is 66.4 Å². The van der Waals surface area contributed by atoms with Crippen LogP contribution in [0, 0.1) is 23.7 Å². The van der Waals surface area contributed by atoms with E-state index in [4.69, 9.17) is 32.8 Å². The monoisotopic (exact) mass is 1010 g/mol. The fraction of sp³-hybridized carbons (Fsp3) is 0.759. The Balaban J connectivity index is 1.20. The quantitative estimate of drug-likeness (QED) is 0.0986. The molecule has 1 aromatic carbocycles. The van der Waals surface area contributed by atoms with Crippen LogP contribution in [-0.2, 0) is 41.4 Å². The average Bonchev–Trinajstić information content (AvgIpc) is 4.05. The Labute approximate surface area is 427 Å². The van der Waals surface area contributed by atoms with Crippen molar-refractivity contribution in [3.8, 4) is 16.9 Å². The number of carbonyl (C=O) groups excluding carboxylic acids is 1. The number of hydrogen-bond donors (Lipinski definition) is 5. The van der Waals surface area contributed by atoms with Gasteiger partial charge in [0, 0.05) is 75.8 Å². The van der Waals surface area contributed by atoms with Gasteiger partial charge < -0.3 is 68.2 Å². The van der Waals surface area contributed by atoms with Gasteiger partial charge in [0.15, 0.2) is 6.29 Å². The first kappa shape index (κ1) is 57.7. The lowest BCUT2D eigenvalue weighted by Gasteiger charge is -2.51. The number of aromatic nitrogens is 3. The first-order chi connectivity index (χ1) is 33.9. The molecule has 72 heavy (non-hydrogen) atoms. The van der Waals surface area contributed by atoms with Gasteiger partial charge in [-0.2, -0.15) is 0 Å². The molecule has 0 spiro atoms. The second kappa shape index (κ2) is 24.4. The molecule has 3 aromatic rings. The lowest BCUT2D eigenvalue weighted by Crippen LogP contribution is -2.62. The Bertz CT molecular complexity index is 2120. The van der Waals surface area contributed by atoms with E-state index in [0.29, 0.717) is 39.1 Å². The maximum absolute atomic E-state index is 14.6. The van der Waals surface area contributed by atoms with Crippen LogP contribution in [0.15, 0.2) is 53.5 Å². The Morgan fingerprint density at radius 2 is 1.65 bits per heavy atom. The van der Waals surface area contributed by atoms with Crippen LogP contribution in [0.5, 0.6) is 5.75 Å². The number of rotatable bonds is 15. The average molecular weight is 1010 g/mol. The topological polar surface area (TPSA) is 224 Å². The number of furan rings is 1. The van der Waals surface area contributed by atoms with Crippen LogP contribution in [0.3, 0.4) is 0 Å². The molecule has 3 saturated heterocycles. The summed E-state index contributed by atoms with van der Waals surface area (Å²) in [4.78, 5) is 18.6. The maximum Gasteiger partial charge on any atom is 0.309 e. The molecule has 2 aromatic heterocycles. The van der Waals surface area contributed by atoms with Crippen LogP contribution in [0.4, 0.5) is 0 Å². The molecule has 3 aliphatic heterocycles. The summed E-state index contributed by atoms with van der Waals surface area (Å²) in [6.07, 6.45) is -0.646. The van der Waals surface area contributed by atoms with Crippen molar-refractivity contribution in [1.29, 1.82) is 0 Å². The number of benzene rings is 1. The predicted molar refractivity (Wildman–Crippen MR) is 270 cm³/mol. The summed E-state index contributed by atoms with van der Waals surface area (Å²) in [7, 11) is 5.35. The molecule has 5 heterocycles. The number of nitrogens with zero attached hydrogens (tertiary/aromatic N) is 5. The van der Waals surface area contributed by atoms with Gasteiger partial charge in [0.25, 0.3) is 0 Å². The van der Waals surface area contributed by atoms with Crippen LogP contribution >= 0.6 is 0 Å². The normalized spacial score (nSPS) is 39.0. The third-order valence-electron chi connectivity index (χ3n) is 16.3. The highest BCUT2D eigenvalue weighted by atomic mass is 16.7. The maximum atomic E-state index is 14.6. The summed E-state index contributed by atoms with van der Waals surface area (Å²) in [5, 5.41) is 68.9. The molecule has 0 aliphatic carbocycles. The van der Waals surface area contributed by atoms with Crippen molar-refractivity contribution < 1.29 is 63.2 Å². The van der Waals surface area contributed by atoms with Crippen molar-refractivity contribution in [1.82, 2.24) is 24.8 Å². The van der Waals surface area contributed by atoms with Crippen LogP contribution in [0.1, 0.15) is 107 Å². The minimum atomic E-state index is -1.81. The van der Waals surface area contributed by atoms with E-state index >= 15 is 0 Å². The molecule has 6 rings (SSSR count). The van der Waals surface area contributed by atoms with Crippen LogP contribution in [0.25, 0.3) is 11.1 Å². The van der Waals surface area contributed by atoms with E-state index < -0.39 is 102 Å². The van der Waals surface area contributed by atoms with Gasteiger partial charge in [0.1, 0.15) is 35.8 Å². The van der Waals surface area contributed by atoms with E-state index in [1.165, 1.54) is 14.0 Å². The number of likely N-dealkylation sites (N-methyl/N-ethyl adjacent to an activating group) is 2. The third kappa shape index (κ3) is 13.5. The van der Waals surface area contributed by atoms with Gasteiger partial charge in [-0.05, 0) is 110 Å². The Hall–Kier alpha value is -3.53. The molecule has 18 heteroatoms. The number of cyclic esters (lactones) is 1. The van der Waals surface area contributed by atoms with Gasteiger partial charge in [-0.15, -0.1) is 5.10 Å². The third-order valence-corrected chi connectivity index (χ3v) is 16.3. The lowest BCUT2D eigenvalue weighted by molar-refractivity contribution is -0.302. The number of aliphatic hydroxyl groups is 5. The molecule has 3 fully saturated rings.